The highest BCUT2D eigenvalue weighted by molar-refractivity contribution is 9.10. The zero-order valence-electron chi connectivity index (χ0n) is 21.8. The number of carbonyl (C=O) groups is 1. The molecule has 0 aliphatic carbocycles. The van der Waals surface area contributed by atoms with E-state index in [1.807, 2.05) is 32.0 Å². The molecule has 0 saturated carbocycles. The normalized spacial score (nSPS) is 11.6. The Bertz CT molecular complexity index is 1540. The fourth-order valence-corrected chi connectivity index (χ4v) is 4.89. The lowest BCUT2D eigenvalue weighted by Gasteiger charge is -2.30. The summed E-state index contributed by atoms with van der Waals surface area (Å²) in [4.78, 5) is 33.9. The lowest BCUT2D eigenvalue weighted by molar-refractivity contribution is 0.193. The number of hydrogen-bond acceptors (Lipinski definition) is 6. The van der Waals surface area contributed by atoms with E-state index in [1.54, 1.807) is 61.6 Å². The molecule has 0 aliphatic heterocycles. The van der Waals surface area contributed by atoms with Gasteiger partial charge in [-0.05, 0) is 54.0 Å². The standard InChI is InChI=1S/C28H29BrN4O5/c1-6-32(28(35)31-21-13-9-10-14-23(21)37-4)17(2)26-30-20-12-8-7-11-19(20)27(34)33(26)22-15-18(36-3)16-24(38-5)25(22)29/h7-17H,6H2,1-5H3,(H,31,35). The van der Waals surface area contributed by atoms with Crippen molar-refractivity contribution >= 4 is 38.6 Å². The number of aromatic nitrogens is 2. The van der Waals surface area contributed by atoms with E-state index in [2.05, 4.69) is 21.2 Å². The number of benzene rings is 3. The number of ether oxygens (including phenoxy) is 3. The third kappa shape index (κ3) is 5.04. The Morgan fingerprint density at radius 3 is 2.39 bits per heavy atom. The van der Waals surface area contributed by atoms with Crippen molar-refractivity contribution in [1.82, 2.24) is 14.5 Å². The van der Waals surface area contributed by atoms with Crippen LogP contribution in [0.3, 0.4) is 0 Å². The number of hydrogen-bond donors (Lipinski definition) is 1. The third-order valence-electron chi connectivity index (χ3n) is 6.28. The van der Waals surface area contributed by atoms with Crippen molar-refractivity contribution in [2.75, 3.05) is 33.2 Å². The van der Waals surface area contributed by atoms with Crippen molar-refractivity contribution < 1.29 is 19.0 Å². The van der Waals surface area contributed by atoms with Gasteiger partial charge in [-0.2, -0.15) is 0 Å². The summed E-state index contributed by atoms with van der Waals surface area (Å²) >= 11 is 3.59. The second-order valence-corrected chi connectivity index (χ2v) is 9.18. The van der Waals surface area contributed by atoms with E-state index in [0.717, 1.165) is 0 Å². The van der Waals surface area contributed by atoms with Crippen LogP contribution in [-0.4, -0.2) is 48.4 Å². The van der Waals surface area contributed by atoms with Gasteiger partial charge in [0.25, 0.3) is 5.56 Å². The average Bonchev–Trinajstić information content (AvgIpc) is 2.94. The summed E-state index contributed by atoms with van der Waals surface area (Å²) < 4.78 is 18.4. The average molecular weight is 581 g/mol. The molecule has 0 radical (unpaired) electrons. The second kappa shape index (κ2) is 11.6. The molecule has 9 nitrogen and oxygen atoms in total. The summed E-state index contributed by atoms with van der Waals surface area (Å²) in [5.74, 6) is 1.90. The quantitative estimate of drug-likeness (QED) is 0.283. The molecule has 3 aromatic carbocycles. The van der Waals surface area contributed by atoms with E-state index in [-0.39, 0.29) is 11.6 Å². The summed E-state index contributed by atoms with van der Waals surface area (Å²) in [6.07, 6.45) is 0. The number of amides is 2. The first-order valence-electron chi connectivity index (χ1n) is 12.0. The van der Waals surface area contributed by atoms with Crippen LogP contribution in [0.4, 0.5) is 10.5 Å². The molecule has 2 amide bonds. The molecular formula is C28H29BrN4O5. The number of rotatable bonds is 8. The van der Waals surface area contributed by atoms with Gasteiger partial charge in [-0.3, -0.25) is 9.36 Å². The van der Waals surface area contributed by atoms with Gasteiger partial charge in [0.15, 0.2) is 0 Å². The molecule has 0 aliphatic rings. The predicted molar refractivity (Wildman–Crippen MR) is 151 cm³/mol. The molecule has 1 N–H and O–H groups in total. The SMILES string of the molecule is CCN(C(=O)Nc1ccccc1OC)C(C)c1nc2ccccc2c(=O)n1-c1cc(OC)cc(OC)c1Br. The molecule has 1 aromatic heterocycles. The number of methoxy groups -OCH3 is 3. The number of nitrogens with zero attached hydrogens (tertiary/aromatic N) is 3. The Kier molecular flexibility index (Phi) is 8.21. The smallest absolute Gasteiger partial charge is 0.322 e. The van der Waals surface area contributed by atoms with Gasteiger partial charge < -0.3 is 24.4 Å². The van der Waals surface area contributed by atoms with Gasteiger partial charge in [0.1, 0.15) is 23.1 Å². The molecule has 1 unspecified atom stereocenters. The molecule has 0 fully saturated rings. The maximum Gasteiger partial charge on any atom is 0.322 e. The topological polar surface area (TPSA) is 94.9 Å². The summed E-state index contributed by atoms with van der Waals surface area (Å²) in [7, 11) is 4.62. The Hall–Kier alpha value is -4.05. The van der Waals surface area contributed by atoms with E-state index in [0.29, 0.717) is 56.4 Å². The van der Waals surface area contributed by atoms with Crippen LogP contribution in [0, 0.1) is 0 Å². The molecule has 0 bridgehead atoms. The minimum atomic E-state index is -0.601. The van der Waals surface area contributed by atoms with Crippen molar-refractivity contribution in [2.24, 2.45) is 0 Å². The number of nitrogens with one attached hydrogen (secondary N) is 1. The summed E-state index contributed by atoms with van der Waals surface area (Å²) in [6, 6.07) is 16.8. The predicted octanol–water partition coefficient (Wildman–Crippen LogP) is 5.79. The van der Waals surface area contributed by atoms with Crippen LogP contribution < -0.4 is 25.1 Å². The van der Waals surface area contributed by atoms with Gasteiger partial charge in [-0.25, -0.2) is 9.78 Å². The van der Waals surface area contributed by atoms with Crippen LogP contribution in [0.2, 0.25) is 0 Å². The van der Waals surface area contributed by atoms with E-state index >= 15 is 0 Å². The first kappa shape index (κ1) is 27.0. The van der Waals surface area contributed by atoms with Gasteiger partial charge in [0, 0.05) is 18.7 Å². The zero-order chi connectivity index (χ0) is 27.4. The summed E-state index contributed by atoms with van der Waals surface area (Å²) in [5.41, 5.74) is 1.26. The lowest BCUT2D eigenvalue weighted by atomic mass is 10.1. The number of fused-ring (bicyclic) bond motifs is 1. The first-order chi connectivity index (χ1) is 18.3. The van der Waals surface area contributed by atoms with Crippen LogP contribution in [0.5, 0.6) is 17.2 Å². The van der Waals surface area contributed by atoms with E-state index in [9.17, 15) is 9.59 Å². The van der Waals surface area contributed by atoms with Crippen molar-refractivity contribution in [3.63, 3.8) is 0 Å². The summed E-state index contributed by atoms with van der Waals surface area (Å²) in [5, 5.41) is 3.36. The fourth-order valence-electron chi connectivity index (χ4n) is 4.32. The fraction of sp³-hybridized carbons (Fsp3) is 0.250. The molecule has 4 rings (SSSR count). The number of halogens is 1. The van der Waals surface area contributed by atoms with Crippen molar-refractivity contribution in [2.45, 2.75) is 19.9 Å². The molecule has 1 heterocycles. The minimum absolute atomic E-state index is 0.283. The zero-order valence-corrected chi connectivity index (χ0v) is 23.4. The summed E-state index contributed by atoms with van der Waals surface area (Å²) in [6.45, 7) is 4.06. The van der Waals surface area contributed by atoms with E-state index < -0.39 is 6.04 Å². The van der Waals surface area contributed by atoms with E-state index in [4.69, 9.17) is 19.2 Å². The monoisotopic (exact) mass is 580 g/mol. The van der Waals surface area contributed by atoms with Gasteiger partial charge >= 0.3 is 6.03 Å². The van der Waals surface area contributed by atoms with Gasteiger partial charge in [0.2, 0.25) is 0 Å². The van der Waals surface area contributed by atoms with Crippen molar-refractivity contribution in [3.8, 4) is 22.9 Å². The largest absolute Gasteiger partial charge is 0.497 e. The van der Waals surface area contributed by atoms with Crippen LogP contribution in [-0.2, 0) is 0 Å². The maximum absolute atomic E-state index is 13.9. The minimum Gasteiger partial charge on any atom is -0.497 e. The maximum atomic E-state index is 13.9. The lowest BCUT2D eigenvalue weighted by Crippen LogP contribution is -2.39. The highest BCUT2D eigenvalue weighted by Crippen LogP contribution is 2.37. The Balaban J connectivity index is 1.90. The van der Waals surface area contributed by atoms with E-state index in [1.165, 1.54) is 11.7 Å². The molecule has 10 heteroatoms. The van der Waals surface area contributed by atoms with Crippen molar-refractivity contribution in [1.29, 1.82) is 0 Å². The molecule has 198 valence electrons. The van der Waals surface area contributed by atoms with Gasteiger partial charge in [0.05, 0.1) is 54.1 Å². The highest BCUT2D eigenvalue weighted by Gasteiger charge is 2.28. The highest BCUT2D eigenvalue weighted by atomic mass is 79.9. The molecular weight excluding hydrogens is 552 g/mol. The Morgan fingerprint density at radius 2 is 1.71 bits per heavy atom. The first-order valence-corrected chi connectivity index (χ1v) is 12.8. The second-order valence-electron chi connectivity index (χ2n) is 8.38. The molecule has 38 heavy (non-hydrogen) atoms. The van der Waals surface area contributed by atoms with Crippen LogP contribution >= 0.6 is 15.9 Å². The number of anilines is 1. The number of para-hydroxylation sites is 3. The van der Waals surface area contributed by atoms with Crippen molar-refractivity contribution in [3.05, 3.63) is 81.3 Å². The number of carbonyl (C=O) groups excluding carboxylic acids is 1. The molecule has 1 atom stereocenters. The Labute approximate surface area is 229 Å². The molecule has 4 aromatic rings. The Morgan fingerprint density at radius 1 is 1.03 bits per heavy atom. The third-order valence-corrected chi connectivity index (χ3v) is 7.08. The van der Waals surface area contributed by atoms with Gasteiger partial charge in [-0.15, -0.1) is 0 Å². The molecule has 0 spiro atoms. The van der Waals surface area contributed by atoms with Crippen LogP contribution in [0.1, 0.15) is 25.7 Å². The van der Waals surface area contributed by atoms with Crippen LogP contribution in [0.15, 0.2) is 69.9 Å². The van der Waals surface area contributed by atoms with Crippen LogP contribution in [0.25, 0.3) is 16.6 Å². The number of urea groups is 1. The van der Waals surface area contributed by atoms with Gasteiger partial charge in [-0.1, -0.05) is 24.3 Å². The molecule has 0 saturated heterocycles.